The van der Waals surface area contributed by atoms with E-state index in [0.717, 1.165) is 11.1 Å². The zero-order chi connectivity index (χ0) is 14.1. The molecule has 1 aliphatic heterocycles. The van der Waals surface area contributed by atoms with E-state index < -0.39 is 5.97 Å². The second-order valence-electron chi connectivity index (χ2n) is 4.66. The standard InChI is InChI=1S/C15H12N2O3/c18-14(13-3-1-2-6-16-13)17-8-11-5-4-10(15(19)20)7-12(11)9-17/h1-7H,8-9H2,(H,19,20). The molecule has 0 atom stereocenters. The first-order valence-corrected chi connectivity index (χ1v) is 6.20. The molecule has 0 fully saturated rings. The number of carbonyl (C=O) groups is 2. The van der Waals surface area contributed by atoms with Gasteiger partial charge in [0.2, 0.25) is 0 Å². The molecule has 1 aromatic heterocycles. The van der Waals surface area contributed by atoms with Crippen LogP contribution in [0.3, 0.4) is 0 Å². The number of rotatable bonds is 2. The Labute approximate surface area is 115 Å². The molecule has 5 heteroatoms. The molecule has 1 amide bonds. The van der Waals surface area contributed by atoms with Gasteiger partial charge in [0.15, 0.2) is 0 Å². The lowest BCUT2D eigenvalue weighted by molar-refractivity contribution is 0.0696. The maximum absolute atomic E-state index is 12.3. The van der Waals surface area contributed by atoms with E-state index in [1.54, 1.807) is 47.5 Å². The van der Waals surface area contributed by atoms with Crippen molar-refractivity contribution < 1.29 is 14.7 Å². The van der Waals surface area contributed by atoms with Gasteiger partial charge in [-0.25, -0.2) is 4.79 Å². The number of carboxylic acids is 1. The maximum atomic E-state index is 12.3. The molecule has 1 aliphatic rings. The minimum Gasteiger partial charge on any atom is -0.478 e. The number of benzene rings is 1. The fourth-order valence-corrected chi connectivity index (χ4v) is 2.32. The van der Waals surface area contributed by atoms with E-state index in [2.05, 4.69) is 4.98 Å². The molecule has 100 valence electrons. The molecule has 5 nitrogen and oxygen atoms in total. The molecule has 0 saturated carbocycles. The number of fused-ring (bicyclic) bond motifs is 1. The third kappa shape index (κ3) is 2.14. The summed E-state index contributed by atoms with van der Waals surface area (Å²) in [6.07, 6.45) is 1.58. The summed E-state index contributed by atoms with van der Waals surface area (Å²) in [4.78, 5) is 28.9. The van der Waals surface area contributed by atoms with Crippen LogP contribution in [0.2, 0.25) is 0 Å². The van der Waals surface area contributed by atoms with Gasteiger partial charge in [-0.15, -0.1) is 0 Å². The van der Waals surface area contributed by atoms with Crippen LogP contribution in [0.1, 0.15) is 32.0 Å². The molecule has 0 spiro atoms. The number of aromatic nitrogens is 1. The molecule has 0 aliphatic carbocycles. The van der Waals surface area contributed by atoms with Crippen LogP contribution in [-0.2, 0) is 13.1 Å². The number of pyridine rings is 1. The fourth-order valence-electron chi connectivity index (χ4n) is 2.32. The number of amides is 1. The molecule has 3 rings (SSSR count). The summed E-state index contributed by atoms with van der Waals surface area (Å²) >= 11 is 0. The summed E-state index contributed by atoms with van der Waals surface area (Å²) in [7, 11) is 0. The Balaban J connectivity index is 1.84. The van der Waals surface area contributed by atoms with Crippen LogP contribution in [0.5, 0.6) is 0 Å². The number of carboxylic acid groups (broad SMARTS) is 1. The molecular weight excluding hydrogens is 256 g/mol. The normalized spacial score (nSPS) is 13.1. The van der Waals surface area contributed by atoms with Crippen molar-refractivity contribution in [2.24, 2.45) is 0 Å². The fraction of sp³-hybridized carbons (Fsp3) is 0.133. The summed E-state index contributed by atoms with van der Waals surface area (Å²) < 4.78 is 0. The summed E-state index contributed by atoms with van der Waals surface area (Å²) in [5, 5.41) is 8.98. The predicted octanol–water partition coefficient (Wildman–Crippen LogP) is 1.94. The second kappa shape index (κ2) is 4.77. The van der Waals surface area contributed by atoms with Crippen molar-refractivity contribution in [3.05, 3.63) is 65.0 Å². The Morgan fingerprint density at radius 1 is 1.10 bits per heavy atom. The summed E-state index contributed by atoms with van der Waals surface area (Å²) in [5.74, 6) is -1.10. The minimum absolute atomic E-state index is 0.140. The highest BCUT2D eigenvalue weighted by molar-refractivity contribution is 5.93. The van der Waals surface area contributed by atoms with E-state index in [1.807, 2.05) is 0 Å². The summed E-state index contributed by atoms with van der Waals surface area (Å²) in [6.45, 7) is 0.913. The average molecular weight is 268 g/mol. The first kappa shape index (κ1) is 12.3. The summed E-state index contributed by atoms with van der Waals surface area (Å²) in [6, 6.07) is 10.2. The number of hydrogen-bond acceptors (Lipinski definition) is 3. The zero-order valence-corrected chi connectivity index (χ0v) is 10.6. The number of nitrogens with zero attached hydrogens (tertiary/aromatic N) is 2. The summed E-state index contributed by atoms with van der Waals surface area (Å²) in [5.41, 5.74) is 2.52. The predicted molar refractivity (Wildman–Crippen MR) is 71.2 cm³/mol. The lowest BCUT2D eigenvalue weighted by Crippen LogP contribution is -2.26. The van der Waals surface area contributed by atoms with Crippen molar-refractivity contribution in [2.75, 3.05) is 0 Å². The van der Waals surface area contributed by atoms with Gasteiger partial charge in [-0.3, -0.25) is 9.78 Å². The van der Waals surface area contributed by atoms with Crippen LogP contribution in [0.25, 0.3) is 0 Å². The van der Waals surface area contributed by atoms with E-state index in [1.165, 1.54) is 0 Å². The van der Waals surface area contributed by atoms with Gasteiger partial charge in [0.25, 0.3) is 5.91 Å². The average Bonchev–Trinajstić information content (AvgIpc) is 2.90. The van der Waals surface area contributed by atoms with Crippen molar-refractivity contribution in [3.63, 3.8) is 0 Å². The molecule has 0 unspecified atom stereocenters. The zero-order valence-electron chi connectivity index (χ0n) is 10.6. The van der Waals surface area contributed by atoms with Crippen molar-refractivity contribution in [2.45, 2.75) is 13.1 Å². The Morgan fingerprint density at radius 2 is 1.90 bits per heavy atom. The van der Waals surface area contributed by atoms with Crippen LogP contribution in [-0.4, -0.2) is 26.9 Å². The van der Waals surface area contributed by atoms with Crippen molar-refractivity contribution in [1.29, 1.82) is 0 Å². The van der Waals surface area contributed by atoms with Crippen molar-refractivity contribution in [3.8, 4) is 0 Å². The third-order valence-corrected chi connectivity index (χ3v) is 3.35. The molecule has 2 heterocycles. The Kier molecular flexibility index (Phi) is 2.95. The van der Waals surface area contributed by atoms with Crippen LogP contribution in [0.15, 0.2) is 42.6 Å². The largest absolute Gasteiger partial charge is 0.478 e. The second-order valence-corrected chi connectivity index (χ2v) is 4.66. The van der Waals surface area contributed by atoms with Crippen LogP contribution >= 0.6 is 0 Å². The molecule has 20 heavy (non-hydrogen) atoms. The number of carbonyl (C=O) groups excluding carboxylic acids is 1. The Morgan fingerprint density at radius 3 is 2.60 bits per heavy atom. The van der Waals surface area contributed by atoms with Crippen molar-refractivity contribution in [1.82, 2.24) is 9.88 Å². The Bertz CT molecular complexity index is 683. The lowest BCUT2D eigenvalue weighted by Gasteiger charge is -2.14. The van der Waals surface area contributed by atoms with Crippen LogP contribution in [0.4, 0.5) is 0 Å². The first-order valence-electron chi connectivity index (χ1n) is 6.20. The lowest BCUT2D eigenvalue weighted by atomic mass is 10.1. The van der Waals surface area contributed by atoms with E-state index >= 15 is 0 Å². The van der Waals surface area contributed by atoms with E-state index in [9.17, 15) is 9.59 Å². The molecule has 1 aromatic carbocycles. The van der Waals surface area contributed by atoms with Crippen LogP contribution < -0.4 is 0 Å². The van der Waals surface area contributed by atoms with Gasteiger partial charge in [-0.05, 0) is 35.4 Å². The van der Waals surface area contributed by atoms with E-state index in [4.69, 9.17) is 5.11 Å². The highest BCUT2D eigenvalue weighted by Gasteiger charge is 2.25. The quantitative estimate of drug-likeness (QED) is 0.903. The molecule has 0 saturated heterocycles. The van der Waals surface area contributed by atoms with Gasteiger partial charge < -0.3 is 10.0 Å². The minimum atomic E-state index is -0.956. The molecule has 2 aromatic rings. The smallest absolute Gasteiger partial charge is 0.335 e. The highest BCUT2D eigenvalue weighted by atomic mass is 16.4. The van der Waals surface area contributed by atoms with Gasteiger partial charge >= 0.3 is 5.97 Å². The number of aromatic carboxylic acids is 1. The maximum Gasteiger partial charge on any atom is 0.335 e. The van der Waals surface area contributed by atoms with Gasteiger partial charge in [0.1, 0.15) is 5.69 Å². The third-order valence-electron chi connectivity index (χ3n) is 3.35. The van der Waals surface area contributed by atoms with Gasteiger partial charge in [0, 0.05) is 19.3 Å². The van der Waals surface area contributed by atoms with Crippen LogP contribution in [0, 0.1) is 0 Å². The van der Waals surface area contributed by atoms with E-state index in [-0.39, 0.29) is 11.5 Å². The van der Waals surface area contributed by atoms with Gasteiger partial charge in [0.05, 0.1) is 5.56 Å². The highest BCUT2D eigenvalue weighted by Crippen LogP contribution is 2.25. The van der Waals surface area contributed by atoms with Gasteiger partial charge in [-0.1, -0.05) is 12.1 Å². The molecule has 0 radical (unpaired) electrons. The topological polar surface area (TPSA) is 70.5 Å². The first-order chi connectivity index (χ1) is 9.65. The molecular formula is C15H12N2O3. The monoisotopic (exact) mass is 268 g/mol. The molecule has 0 bridgehead atoms. The molecule has 1 N–H and O–H groups in total. The van der Waals surface area contributed by atoms with Gasteiger partial charge in [-0.2, -0.15) is 0 Å². The SMILES string of the molecule is O=C(O)c1ccc2c(c1)CN(C(=O)c1ccccn1)C2. The Hall–Kier alpha value is -2.69. The number of hydrogen-bond donors (Lipinski definition) is 1. The van der Waals surface area contributed by atoms with Crippen molar-refractivity contribution >= 4 is 11.9 Å². The van der Waals surface area contributed by atoms with E-state index in [0.29, 0.717) is 18.8 Å².